The Bertz CT molecular complexity index is 1100. The summed E-state index contributed by atoms with van der Waals surface area (Å²) in [6.45, 7) is 3.32. The molecule has 0 amide bonds. The van der Waals surface area contributed by atoms with Gasteiger partial charge in [-0.25, -0.2) is 13.8 Å². The molecule has 0 spiro atoms. The van der Waals surface area contributed by atoms with Gasteiger partial charge in [-0.05, 0) is 43.7 Å². The van der Waals surface area contributed by atoms with Crippen molar-refractivity contribution in [2.24, 2.45) is 5.73 Å². The number of aromatic nitrogens is 2. The van der Waals surface area contributed by atoms with E-state index in [0.29, 0.717) is 5.56 Å². The highest BCUT2D eigenvalue weighted by Gasteiger charge is 2.19. The van der Waals surface area contributed by atoms with E-state index in [9.17, 15) is 13.6 Å². The van der Waals surface area contributed by atoms with Crippen LogP contribution < -0.4 is 11.3 Å². The topological polar surface area (TPSA) is 84.7 Å². The summed E-state index contributed by atoms with van der Waals surface area (Å²) in [5.74, 6) is -1.26. The van der Waals surface area contributed by atoms with Gasteiger partial charge in [-0.1, -0.05) is 6.07 Å². The van der Waals surface area contributed by atoms with E-state index >= 15 is 0 Å². The van der Waals surface area contributed by atoms with Gasteiger partial charge in [0, 0.05) is 0 Å². The highest BCUT2D eigenvalue weighted by Crippen LogP contribution is 2.22. The zero-order chi connectivity index (χ0) is 18.3. The molecule has 0 radical (unpaired) electrons. The van der Waals surface area contributed by atoms with Gasteiger partial charge in [0.25, 0.3) is 5.56 Å². The minimum Gasteiger partial charge on any atom is -0.322 e. The molecular formula is C18H14F2N4O. The van der Waals surface area contributed by atoms with E-state index in [-0.39, 0.29) is 28.0 Å². The molecule has 2 N–H and O–H groups in total. The third-order valence-corrected chi connectivity index (χ3v) is 3.88. The number of nitrogens with two attached hydrogens (primary N) is 1. The zero-order valence-corrected chi connectivity index (χ0v) is 13.5. The smallest absolute Gasteiger partial charge is 0.269 e. The van der Waals surface area contributed by atoms with Crippen LogP contribution in [0.1, 0.15) is 29.9 Å². The number of fused-ring (bicyclic) bond motifs is 1. The minimum atomic E-state index is -0.722. The Balaban J connectivity index is 2.51. The summed E-state index contributed by atoms with van der Waals surface area (Å²) in [7, 11) is 0. The molecule has 7 heteroatoms. The van der Waals surface area contributed by atoms with Crippen LogP contribution in [0.2, 0.25) is 0 Å². The van der Waals surface area contributed by atoms with Gasteiger partial charge in [-0.15, -0.1) is 0 Å². The molecule has 0 aliphatic carbocycles. The number of aryl methyl sites for hydroxylation is 1. The molecular weight excluding hydrogens is 326 g/mol. The third-order valence-electron chi connectivity index (χ3n) is 3.88. The number of nitriles is 1. The van der Waals surface area contributed by atoms with E-state index in [1.54, 1.807) is 13.8 Å². The van der Waals surface area contributed by atoms with Crippen LogP contribution in [-0.4, -0.2) is 9.55 Å². The summed E-state index contributed by atoms with van der Waals surface area (Å²) in [5.41, 5.74) is 6.17. The second-order valence-electron chi connectivity index (χ2n) is 5.80. The fraction of sp³-hybridized carbons (Fsp3) is 0.167. The predicted octanol–water partition coefficient (Wildman–Crippen LogP) is 2.86. The van der Waals surface area contributed by atoms with Gasteiger partial charge in [-0.2, -0.15) is 5.26 Å². The van der Waals surface area contributed by atoms with Crippen LogP contribution in [0, 0.1) is 29.9 Å². The maximum Gasteiger partial charge on any atom is 0.269 e. The zero-order valence-electron chi connectivity index (χ0n) is 13.5. The molecule has 1 heterocycles. The monoisotopic (exact) mass is 340 g/mol. The summed E-state index contributed by atoms with van der Waals surface area (Å²) in [4.78, 5) is 17.3. The Morgan fingerprint density at radius 3 is 2.64 bits per heavy atom. The van der Waals surface area contributed by atoms with Crippen molar-refractivity contribution >= 4 is 10.9 Å². The molecule has 0 saturated heterocycles. The molecule has 0 saturated carbocycles. The van der Waals surface area contributed by atoms with E-state index in [4.69, 9.17) is 11.0 Å². The standard InChI is InChI=1S/C18H14F2N4O/c1-9-3-4-14(20)15-16(9)23-17(10(2)22)24(18(15)25)13-6-11(8-21)5-12(19)7-13/h3-7,10H,22H2,1-2H3. The van der Waals surface area contributed by atoms with E-state index < -0.39 is 23.2 Å². The molecule has 0 bridgehead atoms. The lowest BCUT2D eigenvalue weighted by Gasteiger charge is -2.17. The molecule has 0 aliphatic rings. The number of benzene rings is 2. The van der Waals surface area contributed by atoms with Gasteiger partial charge in [0.05, 0.1) is 28.9 Å². The largest absolute Gasteiger partial charge is 0.322 e. The summed E-state index contributed by atoms with van der Waals surface area (Å²) in [5, 5.41) is 8.83. The van der Waals surface area contributed by atoms with Gasteiger partial charge < -0.3 is 5.73 Å². The number of rotatable bonds is 2. The molecule has 1 unspecified atom stereocenters. The summed E-state index contributed by atoms with van der Waals surface area (Å²) in [6, 6.07) is 7.31. The van der Waals surface area contributed by atoms with Crippen LogP contribution >= 0.6 is 0 Å². The van der Waals surface area contributed by atoms with Crippen molar-refractivity contribution in [1.29, 1.82) is 5.26 Å². The number of hydrogen-bond acceptors (Lipinski definition) is 4. The first-order valence-corrected chi connectivity index (χ1v) is 7.52. The molecule has 3 aromatic rings. The molecule has 25 heavy (non-hydrogen) atoms. The van der Waals surface area contributed by atoms with Crippen molar-refractivity contribution in [3.05, 3.63) is 69.3 Å². The van der Waals surface area contributed by atoms with Crippen molar-refractivity contribution < 1.29 is 8.78 Å². The third kappa shape index (κ3) is 2.77. The van der Waals surface area contributed by atoms with Crippen molar-refractivity contribution in [3.8, 4) is 11.8 Å². The second-order valence-corrected chi connectivity index (χ2v) is 5.80. The highest BCUT2D eigenvalue weighted by molar-refractivity contribution is 5.82. The fourth-order valence-corrected chi connectivity index (χ4v) is 2.72. The van der Waals surface area contributed by atoms with E-state index in [0.717, 1.165) is 16.7 Å². The first-order valence-electron chi connectivity index (χ1n) is 7.52. The Kier molecular flexibility index (Phi) is 4.07. The van der Waals surface area contributed by atoms with Crippen LogP contribution in [0.5, 0.6) is 0 Å². The quantitative estimate of drug-likeness (QED) is 0.777. The van der Waals surface area contributed by atoms with Gasteiger partial charge in [0.1, 0.15) is 22.8 Å². The normalized spacial score (nSPS) is 12.2. The molecule has 5 nitrogen and oxygen atoms in total. The van der Waals surface area contributed by atoms with Crippen molar-refractivity contribution in [2.45, 2.75) is 19.9 Å². The summed E-state index contributed by atoms with van der Waals surface area (Å²) < 4.78 is 29.2. The van der Waals surface area contributed by atoms with Crippen LogP contribution in [0.3, 0.4) is 0 Å². The lowest BCUT2D eigenvalue weighted by molar-refractivity contribution is 0.621. The van der Waals surface area contributed by atoms with Crippen molar-refractivity contribution in [2.75, 3.05) is 0 Å². The first kappa shape index (κ1) is 16.7. The van der Waals surface area contributed by atoms with Crippen LogP contribution in [0.25, 0.3) is 16.6 Å². The molecule has 1 aromatic heterocycles. The van der Waals surface area contributed by atoms with Crippen molar-refractivity contribution in [1.82, 2.24) is 9.55 Å². The Labute approximate surface area is 142 Å². The number of halogens is 2. The fourth-order valence-electron chi connectivity index (χ4n) is 2.72. The predicted molar refractivity (Wildman–Crippen MR) is 89.3 cm³/mol. The molecule has 0 fully saturated rings. The average molecular weight is 340 g/mol. The Morgan fingerprint density at radius 2 is 2.00 bits per heavy atom. The lowest BCUT2D eigenvalue weighted by Crippen LogP contribution is -2.28. The SMILES string of the molecule is Cc1ccc(F)c2c(=O)n(-c3cc(F)cc(C#N)c3)c(C(C)N)nc12. The summed E-state index contributed by atoms with van der Waals surface area (Å²) in [6.07, 6.45) is 0. The van der Waals surface area contributed by atoms with Gasteiger partial charge >= 0.3 is 0 Å². The Morgan fingerprint density at radius 1 is 1.28 bits per heavy atom. The second kappa shape index (κ2) is 6.07. The van der Waals surface area contributed by atoms with E-state index in [1.165, 1.54) is 18.2 Å². The number of nitrogens with zero attached hydrogens (tertiary/aromatic N) is 3. The van der Waals surface area contributed by atoms with Gasteiger partial charge in [0.15, 0.2) is 0 Å². The maximum atomic E-state index is 14.3. The highest BCUT2D eigenvalue weighted by atomic mass is 19.1. The van der Waals surface area contributed by atoms with Crippen LogP contribution in [0.4, 0.5) is 8.78 Å². The summed E-state index contributed by atoms with van der Waals surface area (Å²) >= 11 is 0. The van der Waals surface area contributed by atoms with Crippen LogP contribution in [-0.2, 0) is 0 Å². The lowest BCUT2D eigenvalue weighted by atomic mass is 10.1. The van der Waals surface area contributed by atoms with Gasteiger partial charge in [0.2, 0.25) is 0 Å². The van der Waals surface area contributed by atoms with Gasteiger partial charge in [-0.3, -0.25) is 9.36 Å². The van der Waals surface area contributed by atoms with E-state index in [2.05, 4.69) is 4.98 Å². The average Bonchev–Trinajstić information content (AvgIpc) is 2.56. The first-order chi connectivity index (χ1) is 11.8. The molecule has 2 aromatic carbocycles. The number of hydrogen-bond donors (Lipinski definition) is 1. The molecule has 126 valence electrons. The Hall–Kier alpha value is -3.11. The minimum absolute atomic E-state index is 0.0299. The van der Waals surface area contributed by atoms with Crippen LogP contribution in [0.15, 0.2) is 35.1 Å². The molecule has 1 atom stereocenters. The maximum absolute atomic E-state index is 14.3. The van der Waals surface area contributed by atoms with Crippen molar-refractivity contribution in [3.63, 3.8) is 0 Å². The molecule has 0 aliphatic heterocycles. The van der Waals surface area contributed by atoms with E-state index in [1.807, 2.05) is 6.07 Å². The molecule has 3 rings (SSSR count).